The molecule has 0 spiro atoms. The zero-order valence-electron chi connectivity index (χ0n) is 10.6. The minimum Gasteiger partial charge on any atom is -0.497 e. The SMILES string of the molecule is C/C=C/C1=CC(=O)O[C@H](c2ccc(OC)cc2)C1. The van der Waals surface area contributed by atoms with Gasteiger partial charge >= 0.3 is 5.97 Å². The number of esters is 1. The summed E-state index contributed by atoms with van der Waals surface area (Å²) in [6, 6.07) is 7.60. The highest BCUT2D eigenvalue weighted by atomic mass is 16.5. The quantitative estimate of drug-likeness (QED) is 0.766. The molecule has 1 heterocycles. The second kappa shape index (κ2) is 5.54. The number of carbonyl (C=O) groups is 1. The molecule has 1 aromatic carbocycles. The molecular formula is C15H16O3. The fourth-order valence-corrected chi connectivity index (χ4v) is 1.97. The molecule has 0 aliphatic carbocycles. The van der Waals surface area contributed by atoms with Crippen LogP contribution < -0.4 is 4.74 Å². The van der Waals surface area contributed by atoms with E-state index in [0.717, 1.165) is 16.9 Å². The Bertz CT molecular complexity index is 483. The summed E-state index contributed by atoms with van der Waals surface area (Å²) in [6.07, 6.45) is 5.91. The second-order valence-corrected chi connectivity index (χ2v) is 4.12. The van der Waals surface area contributed by atoms with E-state index in [9.17, 15) is 4.79 Å². The average molecular weight is 244 g/mol. The van der Waals surface area contributed by atoms with Gasteiger partial charge in [0, 0.05) is 12.5 Å². The number of allylic oxidation sites excluding steroid dienone is 2. The summed E-state index contributed by atoms with van der Waals surface area (Å²) in [5, 5.41) is 0. The maximum atomic E-state index is 11.5. The molecule has 1 aliphatic rings. The third-order valence-corrected chi connectivity index (χ3v) is 2.85. The molecule has 1 aromatic rings. The maximum absolute atomic E-state index is 11.5. The highest BCUT2D eigenvalue weighted by Crippen LogP contribution is 2.30. The normalized spacial score (nSPS) is 19.6. The van der Waals surface area contributed by atoms with Crippen molar-refractivity contribution < 1.29 is 14.3 Å². The lowest BCUT2D eigenvalue weighted by Crippen LogP contribution is -2.15. The maximum Gasteiger partial charge on any atom is 0.331 e. The number of ether oxygens (including phenoxy) is 2. The molecule has 0 bridgehead atoms. The third-order valence-electron chi connectivity index (χ3n) is 2.85. The van der Waals surface area contributed by atoms with Crippen LogP contribution >= 0.6 is 0 Å². The van der Waals surface area contributed by atoms with Gasteiger partial charge in [0.25, 0.3) is 0 Å². The van der Waals surface area contributed by atoms with E-state index in [1.54, 1.807) is 13.2 Å². The minimum absolute atomic E-state index is 0.209. The molecule has 94 valence electrons. The minimum atomic E-state index is -0.282. The molecule has 2 rings (SSSR count). The van der Waals surface area contributed by atoms with Crippen molar-refractivity contribution in [2.45, 2.75) is 19.4 Å². The molecule has 0 aromatic heterocycles. The Kier molecular flexibility index (Phi) is 3.82. The van der Waals surface area contributed by atoms with Crippen LogP contribution in [0.15, 0.2) is 48.1 Å². The molecule has 0 saturated carbocycles. The molecular weight excluding hydrogens is 228 g/mol. The number of carbonyl (C=O) groups excluding carboxylic acids is 1. The van der Waals surface area contributed by atoms with Gasteiger partial charge < -0.3 is 9.47 Å². The van der Waals surface area contributed by atoms with Crippen molar-refractivity contribution in [3.05, 3.63) is 53.6 Å². The largest absolute Gasteiger partial charge is 0.497 e. The van der Waals surface area contributed by atoms with Crippen LogP contribution in [0.4, 0.5) is 0 Å². The third kappa shape index (κ3) is 2.80. The monoisotopic (exact) mass is 244 g/mol. The summed E-state index contributed by atoms with van der Waals surface area (Å²) in [6.45, 7) is 1.93. The van der Waals surface area contributed by atoms with E-state index in [4.69, 9.17) is 9.47 Å². The predicted molar refractivity (Wildman–Crippen MR) is 69.3 cm³/mol. The van der Waals surface area contributed by atoms with Crippen LogP contribution in [-0.2, 0) is 9.53 Å². The molecule has 0 unspecified atom stereocenters. The van der Waals surface area contributed by atoms with Crippen molar-refractivity contribution in [1.82, 2.24) is 0 Å². The molecule has 3 heteroatoms. The summed E-state index contributed by atoms with van der Waals surface area (Å²) >= 11 is 0. The van der Waals surface area contributed by atoms with Gasteiger partial charge in [-0.25, -0.2) is 4.79 Å². The van der Waals surface area contributed by atoms with Crippen molar-refractivity contribution in [3.8, 4) is 5.75 Å². The van der Waals surface area contributed by atoms with Gasteiger partial charge in [0.15, 0.2) is 0 Å². The van der Waals surface area contributed by atoms with Gasteiger partial charge in [-0.05, 0) is 30.2 Å². The molecule has 0 radical (unpaired) electrons. The van der Waals surface area contributed by atoms with Crippen LogP contribution in [0.1, 0.15) is 25.0 Å². The summed E-state index contributed by atoms with van der Waals surface area (Å²) in [4.78, 5) is 11.5. The van der Waals surface area contributed by atoms with Gasteiger partial charge in [0.2, 0.25) is 0 Å². The van der Waals surface area contributed by atoms with E-state index in [2.05, 4.69) is 0 Å². The van der Waals surface area contributed by atoms with Gasteiger partial charge in [0.1, 0.15) is 11.9 Å². The average Bonchev–Trinajstić information content (AvgIpc) is 2.38. The van der Waals surface area contributed by atoms with E-state index >= 15 is 0 Å². The summed E-state index contributed by atoms with van der Waals surface area (Å²) in [7, 11) is 1.63. The molecule has 0 N–H and O–H groups in total. The molecule has 3 nitrogen and oxygen atoms in total. The molecule has 1 aliphatic heterocycles. The van der Waals surface area contributed by atoms with Crippen molar-refractivity contribution in [2.75, 3.05) is 7.11 Å². The number of rotatable bonds is 3. The van der Waals surface area contributed by atoms with Crippen molar-refractivity contribution in [1.29, 1.82) is 0 Å². The number of benzene rings is 1. The van der Waals surface area contributed by atoms with Gasteiger partial charge in [-0.15, -0.1) is 0 Å². The molecule has 0 saturated heterocycles. The second-order valence-electron chi connectivity index (χ2n) is 4.12. The van der Waals surface area contributed by atoms with Crippen LogP contribution in [0.5, 0.6) is 5.75 Å². The van der Waals surface area contributed by atoms with Gasteiger partial charge in [-0.2, -0.15) is 0 Å². The van der Waals surface area contributed by atoms with Crippen LogP contribution in [0, 0.1) is 0 Å². The van der Waals surface area contributed by atoms with Gasteiger partial charge in [-0.1, -0.05) is 24.3 Å². The van der Waals surface area contributed by atoms with E-state index in [1.165, 1.54) is 0 Å². The summed E-state index contributed by atoms with van der Waals surface area (Å²) in [5.74, 6) is 0.514. The lowest BCUT2D eigenvalue weighted by Gasteiger charge is -2.22. The number of cyclic esters (lactones) is 1. The topological polar surface area (TPSA) is 35.5 Å². The van der Waals surface area contributed by atoms with Crippen LogP contribution in [-0.4, -0.2) is 13.1 Å². The zero-order chi connectivity index (χ0) is 13.0. The van der Waals surface area contributed by atoms with Gasteiger partial charge in [-0.3, -0.25) is 0 Å². The summed E-state index contributed by atoms with van der Waals surface area (Å²) < 4.78 is 10.4. The van der Waals surface area contributed by atoms with Crippen molar-refractivity contribution >= 4 is 5.97 Å². The molecule has 1 atom stereocenters. The zero-order valence-corrected chi connectivity index (χ0v) is 10.6. The first-order chi connectivity index (χ1) is 8.72. The Morgan fingerprint density at radius 3 is 2.67 bits per heavy atom. The first-order valence-electron chi connectivity index (χ1n) is 5.90. The summed E-state index contributed by atoms with van der Waals surface area (Å²) in [5.41, 5.74) is 1.98. The Hall–Kier alpha value is -2.03. The predicted octanol–water partition coefficient (Wildman–Crippen LogP) is 3.19. The van der Waals surface area contributed by atoms with Crippen LogP contribution in [0.25, 0.3) is 0 Å². The van der Waals surface area contributed by atoms with Gasteiger partial charge in [0.05, 0.1) is 7.11 Å². The van der Waals surface area contributed by atoms with Crippen molar-refractivity contribution in [2.24, 2.45) is 0 Å². The molecule has 0 fully saturated rings. The van der Waals surface area contributed by atoms with E-state index in [0.29, 0.717) is 6.42 Å². The lowest BCUT2D eigenvalue weighted by molar-refractivity contribution is -0.144. The Labute approximate surface area is 107 Å². The Balaban J connectivity index is 2.18. The first-order valence-corrected chi connectivity index (χ1v) is 5.90. The first kappa shape index (κ1) is 12.4. The molecule has 18 heavy (non-hydrogen) atoms. The lowest BCUT2D eigenvalue weighted by atomic mass is 9.98. The standard InChI is InChI=1S/C15H16O3/c1-3-4-11-9-14(18-15(16)10-11)12-5-7-13(17-2)8-6-12/h3-8,10,14H,9H2,1-2H3/b4-3+/t14-/m0/s1. The highest BCUT2D eigenvalue weighted by molar-refractivity contribution is 5.84. The van der Waals surface area contributed by atoms with E-state index in [-0.39, 0.29) is 12.1 Å². The highest BCUT2D eigenvalue weighted by Gasteiger charge is 2.21. The number of hydrogen-bond acceptors (Lipinski definition) is 3. The number of hydrogen-bond donors (Lipinski definition) is 0. The Morgan fingerprint density at radius 1 is 1.33 bits per heavy atom. The van der Waals surface area contributed by atoms with Crippen LogP contribution in [0.3, 0.4) is 0 Å². The van der Waals surface area contributed by atoms with E-state index in [1.807, 2.05) is 43.3 Å². The molecule has 0 amide bonds. The fraction of sp³-hybridized carbons (Fsp3) is 0.267. The fourth-order valence-electron chi connectivity index (χ4n) is 1.97. The number of methoxy groups -OCH3 is 1. The van der Waals surface area contributed by atoms with Crippen LogP contribution in [0.2, 0.25) is 0 Å². The van der Waals surface area contributed by atoms with Crippen molar-refractivity contribution in [3.63, 3.8) is 0 Å². The van der Waals surface area contributed by atoms with E-state index < -0.39 is 0 Å². The Morgan fingerprint density at radius 2 is 2.06 bits per heavy atom. The smallest absolute Gasteiger partial charge is 0.331 e.